The number of ketones is 1. The Morgan fingerprint density at radius 3 is 2.67 bits per heavy atom. The van der Waals surface area contributed by atoms with Gasteiger partial charge >= 0.3 is 0 Å². The number of allylic oxidation sites excluding steroid dienone is 2. The minimum atomic E-state index is 0.102. The van der Waals surface area contributed by atoms with Crippen LogP contribution in [0, 0.1) is 5.41 Å². The van der Waals surface area contributed by atoms with Crippen LogP contribution >= 0.6 is 0 Å². The predicted molar refractivity (Wildman–Crippen MR) is 61.7 cm³/mol. The fraction of sp³-hybridized carbons (Fsp3) is 0.615. The van der Waals surface area contributed by atoms with Gasteiger partial charge in [0.15, 0.2) is 5.78 Å². The van der Waals surface area contributed by atoms with Crippen molar-refractivity contribution in [2.75, 3.05) is 19.6 Å². The van der Waals surface area contributed by atoms with Gasteiger partial charge in [-0.05, 0) is 36.9 Å². The average molecular weight is 205 g/mol. The number of Topliss-reactive ketones (excluding diaryl/α,β-unsaturated/α-hetero) is 1. The molecule has 1 heterocycles. The zero-order valence-electron chi connectivity index (χ0n) is 9.68. The number of nitrogens with zero attached hydrogens (tertiary/aromatic N) is 1. The first-order valence-electron chi connectivity index (χ1n) is 5.64. The average Bonchev–Trinajstić information content (AvgIpc) is 2.04. The molecule has 1 fully saturated rings. The van der Waals surface area contributed by atoms with Gasteiger partial charge in [0, 0.05) is 12.1 Å². The van der Waals surface area contributed by atoms with E-state index in [-0.39, 0.29) is 11.2 Å². The molecule has 2 aliphatic rings. The minimum Gasteiger partial charge on any atom is -0.299 e. The monoisotopic (exact) mass is 205 g/mol. The molecule has 1 aliphatic heterocycles. The van der Waals surface area contributed by atoms with E-state index in [9.17, 15) is 4.79 Å². The van der Waals surface area contributed by atoms with E-state index >= 15 is 0 Å². The summed E-state index contributed by atoms with van der Waals surface area (Å²) in [6.07, 6.45) is 4.21. The SMILES string of the molecule is C=C1CC(C)(C)C=C(CN2CCC2)C1=O. The number of carbonyl (C=O) groups is 1. The molecule has 82 valence electrons. The van der Waals surface area contributed by atoms with Crippen molar-refractivity contribution in [2.45, 2.75) is 26.7 Å². The lowest BCUT2D eigenvalue weighted by Crippen LogP contribution is -2.40. The lowest BCUT2D eigenvalue weighted by atomic mass is 9.76. The quantitative estimate of drug-likeness (QED) is 0.644. The number of likely N-dealkylation sites (tertiary alicyclic amines) is 1. The molecule has 0 aromatic carbocycles. The largest absolute Gasteiger partial charge is 0.299 e. The normalized spacial score (nSPS) is 26.1. The molecule has 0 aromatic heterocycles. The summed E-state index contributed by atoms with van der Waals surface area (Å²) in [5, 5.41) is 0. The molecule has 0 atom stereocenters. The van der Waals surface area contributed by atoms with Gasteiger partial charge in [0.2, 0.25) is 0 Å². The first kappa shape index (κ1) is 10.6. The summed E-state index contributed by atoms with van der Waals surface area (Å²) in [6, 6.07) is 0. The fourth-order valence-corrected chi connectivity index (χ4v) is 2.34. The van der Waals surface area contributed by atoms with Crippen molar-refractivity contribution < 1.29 is 4.79 Å². The van der Waals surface area contributed by atoms with Crippen LogP contribution in [-0.4, -0.2) is 30.3 Å². The molecule has 1 saturated heterocycles. The summed E-state index contributed by atoms with van der Waals surface area (Å²) in [7, 11) is 0. The van der Waals surface area contributed by atoms with E-state index in [0.29, 0.717) is 0 Å². The van der Waals surface area contributed by atoms with E-state index in [1.807, 2.05) is 0 Å². The first-order chi connectivity index (χ1) is 6.98. The van der Waals surface area contributed by atoms with Gasteiger partial charge in [-0.2, -0.15) is 0 Å². The molecule has 15 heavy (non-hydrogen) atoms. The first-order valence-corrected chi connectivity index (χ1v) is 5.64. The Labute approximate surface area is 91.6 Å². The lowest BCUT2D eigenvalue weighted by Gasteiger charge is -2.34. The standard InChI is InChI=1S/C13H19NO/c1-10-7-13(2,3)8-11(12(10)15)9-14-5-4-6-14/h8H,1,4-7,9H2,2-3H3. The number of hydrogen-bond acceptors (Lipinski definition) is 2. The van der Waals surface area contributed by atoms with Crippen LogP contribution in [0.3, 0.4) is 0 Å². The van der Waals surface area contributed by atoms with Crippen molar-refractivity contribution in [1.29, 1.82) is 0 Å². The van der Waals surface area contributed by atoms with E-state index in [4.69, 9.17) is 0 Å². The Balaban J connectivity index is 2.15. The highest BCUT2D eigenvalue weighted by Gasteiger charge is 2.30. The molecule has 0 N–H and O–H groups in total. The van der Waals surface area contributed by atoms with Crippen LogP contribution in [-0.2, 0) is 4.79 Å². The van der Waals surface area contributed by atoms with E-state index < -0.39 is 0 Å². The van der Waals surface area contributed by atoms with Gasteiger partial charge in [0.05, 0.1) is 0 Å². The van der Waals surface area contributed by atoms with Crippen LogP contribution in [0.15, 0.2) is 23.8 Å². The predicted octanol–water partition coefficient (Wildman–Crippen LogP) is 2.17. The maximum Gasteiger partial charge on any atom is 0.185 e. The van der Waals surface area contributed by atoms with Gasteiger partial charge < -0.3 is 0 Å². The lowest BCUT2D eigenvalue weighted by molar-refractivity contribution is -0.113. The molecule has 0 aromatic rings. The highest BCUT2D eigenvalue weighted by molar-refractivity contribution is 6.09. The van der Waals surface area contributed by atoms with Gasteiger partial charge in [-0.3, -0.25) is 9.69 Å². The van der Waals surface area contributed by atoms with Crippen LogP contribution in [0.1, 0.15) is 26.7 Å². The van der Waals surface area contributed by atoms with E-state index in [1.54, 1.807) is 0 Å². The Morgan fingerprint density at radius 2 is 2.13 bits per heavy atom. The molecular formula is C13H19NO. The van der Waals surface area contributed by atoms with Crippen LogP contribution in [0.2, 0.25) is 0 Å². The molecule has 2 rings (SSSR count). The van der Waals surface area contributed by atoms with E-state index in [1.165, 1.54) is 6.42 Å². The van der Waals surface area contributed by atoms with Crippen molar-refractivity contribution >= 4 is 5.78 Å². The number of rotatable bonds is 2. The second kappa shape index (κ2) is 3.60. The molecule has 2 heteroatoms. The molecule has 0 spiro atoms. The summed E-state index contributed by atoms with van der Waals surface area (Å²) in [5.74, 6) is 0.182. The molecule has 0 amide bonds. The summed E-state index contributed by atoms with van der Waals surface area (Å²) in [4.78, 5) is 14.2. The number of carbonyl (C=O) groups excluding carboxylic acids is 1. The summed E-state index contributed by atoms with van der Waals surface area (Å²) in [6.45, 7) is 11.3. The topological polar surface area (TPSA) is 20.3 Å². The molecule has 0 unspecified atom stereocenters. The van der Waals surface area contributed by atoms with Crippen molar-refractivity contribution in [3.8, 4) is 0 Å². The third-order valence-electron chi connectivity index (χ3n) is 3.19. The Hall–Kier alpha value is -0.890. The molecule has 0 saturated carbocycles. The van der Waals surface area contributed by atoms with Gasteiger partial charge in [0.1, 0.15) is 0 Å². The van der Waals surface area contributed by atoms with E-state index in [0.717, 1.165) is 37.2 Å². The Kier molecular flexibility index (Phi) is 2.55. The van der Waals surface area contributed by atoms with Gasteiger partial charge in [-0.15, -0.1) is 0 Å². The third kappa shape index (κ3) is 2.20. The second-order valence-corrected chi connectivity index (χ2v) is 5.40. The number of hydrogen-bond donors (Lipinski definition) is 0. The van der Waals surface area contributed by atoms with Crippen molar-refractivity contribution in [3.05, 3.63) is 23.8 Å². The minimum absolute atomic E-state index is 0.102. The summed E-state index contributed by atoms with van der Waals surface area (Å²) < 4.78 is 0. The van der Waals surface area contributed by atoms with Crippen molar-refractivity contribution in [2.24, 2.45) is 5.41 Å². The van der Waals surface area contributed by atoms with E-state index in [2.05, 4.69) is 31.4 Å². The highest BCUT2D eigenvalue weighted by atomic mass is 16.1. The third-order valence-corrected chi connectivity index (χ3v) is 3.19. The van der Waals surface area contributed by atoms with Gasteiger partial charge in [-0.25, -0.2) is 0 Å². The maximum absolute atomic E-state index is 11.9. The Morgan fingerprint density at radius 1 is 1.47 bits per heavy atom. The van der Waals surface area contributed by atoms with Crippen LogP contribution in [0.5, 0.6) is 0 Å². The second-order valence-electron chi connectivity index (χ2n) is 5.40. The molecule has 1 aliphatic carbocycles. The molecule has 2 nitrogen and oxygen atoms in total. The summed E-state index contributed by atoms with van der Waals surface area (Å²) in [5.41, 5.74) is 1.83. The maximum atomic E-state index is 11.9. The summed E-state index contributed by atoms with van der Waals surface area (Å²) >= 11 is 0. The zero-order chi connectivity index (χ0) is 11.1. The molecule has 0 bridgehead atoms. The highest BCUT2D eigenvalue weighted by Crippen LogP contribution is 2.34. The van der Waals surface area contributed by atoms with Crippen LogP contribution in [0.25, 0.3) is 0 Å². The van der Waals surface area contributed by atoms with Crippen molar-refractivity contribution in [3.63, 3.8) is 0 Å². The Bertz CT molecular complexity index is 334. The molecule has 0 radical (unpaired) electrons. The van der Waals surface area contributed by atoms with Crippen LogP contribution in [0.4, 0.5) is 0 Å². The zero-order valence-corrected chi connectivity index (χ0v) is 9.68. The smallest absolute Gasteiger partial charge is 0.185 e. The van der Waals surface area contributed by atoms with Crippen molar-refractivity contribution in [1.82, 2.24) is 4.90 Å². The van der Waals surface area contributed by atoms with Gasteiger partial charge in [0.25, 0.3) is 0 Å². The van der Waals surface area contributed by atoms with Crippen LogP contribution < -0.4 is 0 Å². The fourth-order valence-electron chi connectivity index (χ4n) is 2.34. The van der Waals surface area contributed by atoms with Gasteiger partial charge in [-0.1, -0.05) is 26.5 Å². The molecular weight excluding hydrogens is 186 g/mol.